The van der Waals surface area contributed by atoms with Crippen LogP contribution in [-0.4, -0.2) is 39.5 Å². The van der Waals surface area contributed by atoms with Crippen molar-refractivity contribution in [3.8, 4) is 5.69 Å². The van der Waals surface area contributed by atoms with Gasteiger partial charge in [-0.25, -0.2) is 4.98 Å². The van der Waals surface area contributed by atoms with E-state index in [-0.39, 0.29) is 11.9 Å². The minimum atomic E-state index is 0.171. The fraction of sp³-hybridized carbons (Fsp3) is 0.391. The molecule has 146 valence electrons. The lowest BCUT2D eigenvalue weighted by Crippen LogP contribution is -2.49. The maximum atomic E-state index is 12.9. The number of fused-ring (bicyclic) bond motifs is 1. The Bertz CT molecular complexity index is 950. The first-order chi connectivity index (χ1) is 13.7. The number of hydrogen-bond acceptors (Lipinski definition) is 3. The summed E-state index contributed by atoms with van der Waals surface area (Å²) >= 11 is 0. The number of amides is 1. The topological polar surface area (TPSA) is 64.2 Å². The van der Waals surface area contributed by atoms with Crippen molar-refractivity contribution in [2.24, 2.45) is 11.7 Å². The number of rotatable bonds is 5. The highest BCUT2D eigenvalue weighted by Crippen LogP contribution is 2.25. The van der Waals surface area contributed by atoms with Gasteiger partial charge in [-0.05, 0) is 43.0 Å². The predicted molar refractivity (Wildman–Crippen MR) is 112 cm³/mol. The van der Waals surface area contributed by atoms with Crippen molar-refractivity contribution in [3.05, 3.63) is 60.4 Å². The molecule has 4 rings (SSSR count). The predicted octanol–water partition coefficient (Wildman–Crippen LogP) is 3.54. The molecule has 2 aromatic carbocycles. The number of carbonyl (C=O) groups excluding carboxylic acids is 1. The fourth-order valence-corrected chi connectivity index (χ4v) is 4.27. The average Bonchev–Trinajstić information content (AvgIpc) is 3.11. The molecule has 1 saturated heterocycles. The summed E-state index contributed by atoms with van der Waals surface area (Å²) in [6.45, 7) is 3.60. The molecule has 0 spiro atoms. The molecule has 5 heteroatoms. The lowest BCUT2D eigenvalue weighted by molar-refractivity contribution is -0.135. The molecule has 0 saturated carbocycles. The number of carbonyl (C=O) groups is 1. The first-order valence-corrected chi connectivity index (χ1v) is 10.2. The zero-order valence-corrected chi connectivity index (χ0v) is 16.4. The van der Waals surface area contributed by atoms with Crippen molar-refractivity contribution in [3.63, 3.8) is 0 Å². The fourth-order valence-electron chi connectivity index (χ4n) is 4.27. The van der Waals surface area contributed by atoms with Crippen molar-refractivity contribution in [1.82, 2.24) is 14.5 Å². The molecular weight excluding hydrogens is 348 g/mol. The first-order valence-electron chi connectivity index (χ1n) is 10.2. The quantitative estimate of drug-likeness (QED) is 0.741. The molecule has 2 atom stereocenters. The van der Waals surface area contributed by atoms with Gasteiger partial charge in [-0.1, -0.05) is 37.3 Å². The molecule has 28 heavy (non-hydrogen) atoms. The summed E-state index contributed by atoms with van der Waals surface area (Å²) in [7, 11) is 0. The molecule has 2 heterocycles. The van der Waals surface area contributed by atoms with Crippen molar-refractivity contribution in [2.45, 2.75) is 38.6 Å². The van der Waals surface area contributed by atoms with E-state index in [0.29, 0.717) is 25.3 Å². The minimum absolute atomic E-state index is 0.171. The second-order valence-electron chi connectivity index (χ2n) is 7.79. The van der Waals surface area contributed by atoms with Gasteiger partial charge >= 0.3 is 0 Å². The van der Waals surface area contributed by atoms with E-state index in [1.807, 2.05) is 41.3 Å². The Balaban J connectivity index is 1.57. The Morgan fingerprint density at radius 1 is 1.14 bits per heavy atom. The van der Waals surface area contributed by atoms with Crippen LogP contribution < -0.4 is 5.73 Å². The normalized spacial score (nSPS) is 19.9. The largest absolute Gasteiger partial charge is 0.338 e. The highest BCUT2D eigenvalue weighted by molar-refractivity contribution is 5.79. The summed E-state index contributed by atoms with van der Waals surface area (Å²) in [6.07, 6.45) is 3.14. The summed E-state index contributed by atoms with van der Waals surface area (Å²) in [5.74, 6) is 1.75. The van der Waals surface area contributed by atoms with Gasteiger partial charge in [-0.3, -0.25) is 9.36 Å². The van der Waals surface area contributed by atoms with E-state index in [1.165, 1.54) is 0 Å². The summed E-state index contributed by atoms with van der Waals surface area (Å²) in [4.78, 5) is 19.8. The molecule has 1 fully saturated rings. The number of nitrogens with two attached hydrogens (primary N) is 1. The zero-order valence-electron chi connectivity index (χ0n) is 16.4. The molecule has 1 amide bonds. The van der Waals surface area contributed by atoms with Gasteiger partial charge in [-0.15, -0.1) is 0 Å². The van der Waals surface area contributed by atoms with Gasteiger partial charge in [-0.2, -0.15) is 0 Å². The molecule has 2 unspecified atom stereocenters. The maximum Gasteiger partial charge on any atom is 0.223 e. The van der Waals surface area contributed by atoms with Crippen LogP contribution in [0.2, 0.25) is 0 Å². The van der Waals surface area contributed by atoms with E-state index >= 15 is 0 Å². The van der Waals surface area contributed by atoms with Crippen LogP contribution in [0.3, 0.4) is 0 Å². The lowest BCUT2D eigenvalue weighted by Gasteiger charge is -2.38. The van der Waals surface area contributed by atoms with E-state index in [2.05, 4.69) is 29.7 Å². The number of aryl methyl sites for hydroxylation is 1. The van der Waals surface area contributed by atoms with Crippen LogP contribution in [0.15, 0.2) is 54.6 Å². The van der Waals surface area contributed by atoms with Crippen LogP contribution in [0.5, 0.6) is 0 Å². The van der Waals surface area contributed by atoms with Crippen LogP contribution in [0.1, 0.15) is 32.0 Å². The van der Waals surface area contributed by atoms with Gasteiger partial charge in [0, 0.05) is 37.7 Å². The lowest BCUT2D eigenvalue weighted by atomic mass is 9.92. The van der Waals surface area contributed by atoms with Gasteiger partial charge in [0.25, 0.3) is 0 Å². The Hall–Kier alpha value is -2.66. The molecule has 1 aliphatic rings. The van der Waals surface area contributed by atoms with Gasteiger partial charge in [0.2, 0.25) is 5.91 Å². The second-order valence-corrected chi connectivity index (χ2v) is 7.79. The Kier molecular flexibility index (Phi) is 5.44. The average molecular weight is 377 g/mol. The third-order valence-corrected chi connectivity index (χ3v) is 5.78. The van der Waals surface area contributed by atoms with Crippen LogP contribution in [0, 0.1) is 5.92 Å². The van der Waals surface area contributed by atoms with E-state index in [1.54, 1.807) is 0 Å². The molecule has 0 radical (unpaired) electrons. The van der Waals surface area contributed by atoms with E-state index in [4.69, 9.17) is 10.7 Å². The van der Waals surface area contributed by atoms with E-state index in [0.717, 1.165) is 41.9 Å². The number of piperidine rings is 1. The number of para-hydroxylation sites is 3. The Morgan fingerprint density at radius 3 is 2.68 bits per heavy atom. The van der Waals surface area contributed by atoms with Crippen molar-refractivity contribution in [1.29, 1.82) is 0 Å². The molecule has 1 aliphatic heterocycles. The van der Waals surface area contributed by atoms with Gasteiger partial charge in [0.15, 0.2) is 0 Å². The molecule has 3 aromatic rings. The van der Waals surface area contributed by atoms with Gasteiger partial charge in [0.05, 0.1) is 11.0 Å². The Labute approximate surface area is 166 Å². The molecule has 5 nitrogen and oxygen atoms in total. The summed E-state index contributed by atoms with van der Waals surface area (Å²) in [5.41, 5.74) is 9.05. The highest BCUT2D eigenvalue weighted by atomic mass is 16.2. The van der Waals surface area contributed by atoms with E-state index in [9.17, 15) is 4.79 Å². The van der Waals surface area contributed by atoms with Gasteiger partial charge in [0.1, 0.15) is 5.82 Å². The number of imidazole rings is 1. The van der Waals surface area contributed by atoms with Gasteiger partial charge < -0.3 is 10.6 Å². The smallest absolute Gasteiger partial charge is 0.223 e. The zero-order chi connectivity index (χ0) is 19.5. The third kappa shape index (κ3) is 3.67. The third-order valence-electron chi connectivity index (χ3n) is 5.78. The van der Waals surface area contributed by atoms with Crippen molar-refractivity contribution in [2.75, 3.05) is 13.1 Å². The van der Waals surface area contributed by atoms with Crippen LogP contribution >= 0.6 is 0 Å². The number of hydrogen-bond donors (Lipinski definition) is 1. The first kappa shape index (κ1) is 18.7. The molecular formula is C23H28N4O. The number of benzene rings is 2. The standard InChI is InChI=1S/C23H28N4O/c1-17-13-14-26(19(15-17)16-24)23(28)12-11-22-25-20-9-5-6-10-21(20)27(22)18-7-3-2-4-8-18/h2-10,17,19H,11-16,24H2,1H3. The SMILES string of the molecule is CC1CCN(C(=O)CCc2nc3ccccc3n2-c2ccccc2)C(CN)C1. The molecule has 1 aromatic heterocycles. The number of aromatic nitrogens is 2. The summed E-state index contributed by atoms with van der Waals surface area (Å²) in [6, 6.07) is 18.5. The Morgan fingerprint density at radius 2 is 1.89 bits per heavy atom. The number of likely N-dealkylation sites (tertiary alicyclic amines) is 1. The monoisotopic (exact) mass is 376 g/mol. The molecule has 2 N–H and O–H groups in total. The van der Waals surface area contributed by atoms with Crippen molar-refractivity contribution < 1.29 is 4.79 Å². The van der Waals surface area contributed by atoms with Crippen LogP contribution in [0.25, 0.3) is 16.7 Å². The second kappa shape index (κ2) is 8.15. The molecule has 0 bridgehead atoms. The summed E-state index contributed by atoms with van der Waals surface area (Å²) < 4.78 is 2.17. The van der Waals surface area contributed by atoms with Crippen LogP contribution in [-0.2, 0) is 11.2 Å². The minimum Gasteiger partial charge on any atom is -0.338 e. The molecule has 0 aliphatic carbocycles. The van der Waals surface area contributed by atoms with E-state index < -0.39 is 0 Å². The van der Waals surface area contributed by atoms with Crippen molar-refractivity contribution >= 4 is 16.9 Å². The number of nitrogens with zero attached hydrogens (tertiary/aromatic N) is 3. The summed E-state index contributed by atoms with van der Waals surface area (Å²) in [5, 5.41) is 0. The van der Waals surface area contributed by atoms with Crippen LogP contribution in [0.4, 0.5) is 0 Å². The maximum absolute atomic E-state index is 12.9. The highest BCUT2D eigenvalue weighted by Gasteiger charge is 2.28.